The molecule has 0 spiro atoms. The fourth-order valence-electron chi connectivity index (χ4n) is 5.12. The number of ether oxygens (including phenoxy) is 2. The van der Waals surface area contributed by atoms with Gasteiger partial charge in [-0.05, 0) is 84.8 Å². The molecule has 2 atom stereocenters. The number of nitrogens with one attached hydrogen (secondary N) is 2. The highest BCUT2D eigenvalue weighted by molar-refractivity contribution is 6.30. The molecule has 2 heterocycles. The van der Waals surface area contributed by atoms with E-state index in [0.717, 1.165) is 54.7 Å². The summed E-state index contributed by atoms with van der Waals surface area (Å²) < 4.78 is 12.2. The molecular weight excluding hydrogens is 488 g/mol. The van der Waals surface area contributed by atoms with Crippen LogP contribution in [0.1, 0.15) is 90.2 Å². The fourth-order valence-corrected chi connectivity index (χ4v) is 5.12. The number of unbranched alkanes of at least 4 members (excludes halogenated alkanes) is 2. The van der Waals surface area contributed by atoms with Crippen LogP contribution in [-0.4, -0.2) is 24.5 Å². The second-order valence-electron chi connectivity index (χ2n) is 10.5. The van der Waals surface area contributed by atoms with Gasteiger partial charge in [-0.1, -0.05) is 59.8 Å². The zero-order chi connectivity index (χ0) is 27.8. The molecule has 0 aliphatic carbocycles. The standard InChI is InChI=1S/C33H42N2O4/c1-5-9-11-22(7-3)21-38-26-17-13-23(14-18-26)30-28-29(33(37)34-30)31(35-32(28)36)24-15-19-27(20-16-24)39-25(8-4)12-10-6-2/h13-20,22,25H,5-12,21H2,1-4H3,(H,34,37)(H,35,36). The molecule has 0 aromatic heterocycles. The molecule has 2 aromatic rings. The normalized spacial score (nSPS) is 16.2. The van der Waals surface area contributed by atoms with Crippen molar-refractivity contribution in [2.75, 3.05) is 6.61 Å². The number of carbonyl (C=O) groups is 2. The fraction of sp³-hybridized carbons (Fsp3) is 0.455. The molecule has 39 heavy (non-hydrogen) atoms. The highest BCUT2D eigenvalue weighted by atomic mass is 16.5. The Morgan fingerprint density at radius 2 is 1.18 bits per heavy atom. The summed E-state index contributed by atoms with van der Waals surface area (Å²) in [5.41, 5.74) is 3.39. The Bertz CT molecular complexity index is 1210. The molecule has 6 nitrogen and oxygen atoms in total. The maximum Gasteiger partial charge on any atom is 0.258 e. The summed E-state index contributed by atoms with van der Waals surface area (Å²) in [6.45, 7) is 9.42. The van der Waals surface area contributed by atoms with Gasteiger partial charge >= 0.3 is 0 Å². The SMILES string of the molecule is CCCCC(CC)COc1ccc(C2=C3C(=O)NC(c4ccc(OC(CC)CCCC)cc4)=C3C(=O)N2)cc1. The van der Waals surface area contributed by atoms with E-state index in [0.29, 0.717) is 35.1 Å². The summed E-state index contributed by atoms with van der Waals surface area (Å²) in [5.74, 6) is 1.58. The predicted octanol–water partition coefficient (Wildman–Crippen LogP) is 7.01. The van der Waals surface area contributed by atoms with Crippen molar-refractivity contribution in [3.8, 4) is 11.5 Å². The molecule has 4 rings (SSSR count). The van der Waals surface area contributed by atoms with Crippen LogP contribution in [0.4, 0.5) is 0 Å². The van der Waals surface area contributed by atoms with Crippen molar-refractivity contribution in [1.82, 2.24) is 10.6 Å². The Balaban J connectivity index is 1.50. The third-order valence-electron chi connectivity index (χ3n) is 7.63. The summed E-state index contributed by atoms with van der Waals surface area (Å²) in [7, 11) is 0. The van der Waals surface area contributed by atoms with Crippen molar-refractivity contribution in [1.29, 1.82) is 0 Å². The van der Waals surface area contributed by atoms with E-state index >= 15 is 0 Å². The van der Waals surface area contributed by atoms with E-state index in [1.165, 1.54) is 19.3 Å². The van der Waals surface area contributed by atoms with Gasteiger partial charge in [0.15, 0.2) is 0 Å². The highest BCUT2D eigenvalue weighted by Crippen LogP contribution is 2.38. The van der Waals surface area contributed by atoms with Crippen LogP contribution in [0.3, 0.4) is 0 Å². The minimum absolute atomic E-state index is 0.188. The maximum atomic E-state index is 13.0. The molecule has 2 aliphatic rings. The minimum atomic E-state index is -0.277. The first-order valence-corrected chi connectivity index (χ1v) is 14.6. The van der Waals surface area contributed by atoms with Crippen molar-refractivity contribution >= 4 is 23.2 Å². The molecule has 0 fully saturated rings. The molecule has 208 valence electrons. The Kier molecular flexibility index (Phi) is 9.85. The zero-order valence-electron chi connectivity index (χ0n) is 23.8. The van der Waals surface area contributed by atoms with Gasteiger partial charge in [0.2, 0.25) is 0 Å². The topological polar surface area (TPSA) is 76.7 Å². The molecule has 2 N–H and O–H groups in total. The van der Waals surface area contributed by atoms with Crippen molar-refractivity contribution in [3.05, 3.63) is 70.8 Å². The number of amides is 2. The largest absolute Gasteiger partial charge is 0.493 e. The average molecular weight is 531 g/mol. The molecule has 0 saturated heterocycles. The second kappa shape index (κ2) is 13.5. The minimum Gasteiger partial charge on any atom is -0.493 e. The summed E-state index contributed by atoms with van der Waals surface area (Å²) in [4.78, 5) is 26.1. The van der Waals surface area contributed by atoms with Crippen LogP contribution in [0.5, 0.6) is 11.5 Å². The Morgan fingerprint density at radius 3 is 1.67 bits per heavy atom. The summed E-state index contributed by atoms with van der Waals surface area (Å²) >= 11 is 0. The van der Waals surface area contributed by atoms with E-state index < -0.39 is 0 Å². The monoisotopic (exact) mass is 530 g/mol. The van der Waals surface area contributed by atoms with E-state index in [9.17, 15) is 9.59 Å². The van der Waals surface area contributed by atoms with Crippen molar-refractivity contribution < 1.29 is 19.1 Å². The highest BCUT2D eigenvalue weighted by Gasteiger charge is 2.40. The quantitative estimate of drug-likeness (QED) is 0.260. The van der Waals surface area contributed by atoms with E-state index in [2.05, 4.69) is 38.3 Å². The van der Waals surface area contributed by atoms with Crippen molar-refractivity contribution in [2.24, 2.45) is 5.92 Å². The van der Waals surface area contributed by atoms with Crippen LogP contribution >= 0.6 is 0 Å². The lowest BCUT2D eigenvalue weighted by atomic mass is 10.0. The van der Waals surface area contributed by atoms with E-state index in [1.54, 1.807) is 0 Å². The van der Waals surface area contributed by atoms with Crippen molar-refractivity contribution in [3.63, 3.8) is 0 Å². The molecule has 2 aliphatic heterocycles. The Morgan fingerprint density at radius 1 is 0.667 bits per heavy atom. The lowest BCUT2D eigenvalue weighted by molar-refractivity contribution is -0.117. The van der Waals surface area contributed by atoms with Crippen molar-refractivity contribution in [2.45, 2.75) is 85.2 Å². The maximum absolute atomic E-state index is 13.0. The predicted molar refractivity (Wildman–Crippen MR) is 156 cm³/mol. The van der Waals surface area contributed by atoms with Gasteiger partial charge in [0.25, 0.3) is 11.8 Å². The molecule has 2 amide bonds. The number of fused-ring (bicyclic) bond motifs is 1. The average Bonchev–Trinajstić information content (AvgIpc) is 3.49. The van der Waals surface area contributed by atoms with Crippen LogP contribution < -0.4 is 20.1 Å². The molecular formula is C33H42N2O4. The van der Waals surface area contributed by atoms with Gasteiger partial charge in [-0.15, -0.1) is 0 Å². The molecule has 2 unspecified atom stereocenters. The van der Waals surface area contributed by atoms with Crippen LogP contribution in [0.15, 0.2) is 59.7 Å². The van der Waals surface area contributed by atoms with Gasteiger partial charge in [-0.25, -0.2) is 0 Å². The van der Waals surface area contributed by atoms with Crippen LogP contribution in [-0.2, 0) is 9.59 Å². The smallest absolute Gasteiger partial charge is 0.258 e. The van der Waals surface area contributed by atoms with Gasteiger partial charge in [0, 0.05) is 0 Å². The number of benzene rings is 2. The molecule has 0 radical (unpaired) electrons. The zero-order valence-corrected chi connectivity index (χ0v) is 23.8. The summed E-state index contributed by atoms with van der Waals surface area (Å²) in [5, 5.41) is 5.85. The lowest BCUT2D eigenvalue weighted by Crippen LogP contribution is -2.21. The van der Waals surface area contributed by atoms with Crippen LogP contribution in [0.25, 0.3) is 11.4 Å². The number of rotatable bonds is 15. The first-order chi connectivity index (χ1) is 19.0. The third kappa shape index (κ3) is 6.73. The second-order valence-corrected chi connectivity index (χ2v) is 10.5. The lowest BCUT2D eigenvalue weighted by Gasteiger charge is -2.17. The first-order valence-electron chi connectivity index (χ1n) is 14.6. The van der Waals surface area contributed by atoms with Gasteiger partial charge in [0.05, 0.1) is 35.3 Å². The van der Waals surface area contributed by atoms with E-state index in [1.807, 2.05) is 48.5 Å². The van der Waals surface area contributed by atoms with E-state index in [4.69, 9.17) is 9.47 Å². The van der Waals surface area contributed by atoms with Gasteiger partial charge in [-0.2, -0.15) is 0 Å². The van der Waals surface area contributed by atoms with E-state index in [-0.39, 0.29) is 17.9 Å². The number of hydrogen-bond acceptors (Lipinski definition) is 4. The Labute approximate surface area is 232 Å². The van der Waals surface area contributed by atoms with Crippen LogP contribution in [0, 0.1) is 5.92 Å². The van der Waals surface area contributed by atoms with Crippen LogP contribution in [0.2, 0.25) is 0 Å². The summed E-state index contributed by atoms with van der Waals surface area (Å²) in [6.07, 6.45) is 9.14. The molecule has 0 bridgehead atoms. The molecule has 0 saturated carbocycles. The molecule has 6 heteroatoms. The Hall–Kier alpha value is -3.54. The number of hydrogen-bond donors (Lipinski definition) is 2. The molecule has 2 aromatic carbocycles. The summed E-state index contributed by atoms with van der Waals surface area (Å²) in [6, 6.07) is 15.2. The number of carbonyl (C=O) groups excluding carboxylic acids is 2. The first kappa shape index (κ1) is 28.5. The van der Waals surface area contributed by atoms with Gasteiger partial charge < -0.3 is 20.1 Å². The third-order valence-corrected chi connectivity index (χ3v) is 7.63. The van der Waals surface area contributed by atoms with Gasteiger partial charge in [0.1, 0.15) is 11.5 Å². The van der Waals surface area contributed by atoms with Gasteiger partial charge in [-0.3, -0.25) is 9.59 Å².